The van der Waals surface area contributed by atoms with Crippen LogP contribution in [0.15, 0.2) is 30.3 Å². The quantitative estimate of drug-likeness (QED) is 0.806. The van der Waals surface area contributed by atoms with Crippen molar-refractivity contribution in [3.05, 3.63) is 30.3 Å². The van der Waals surface area contributed by atoms with Gasteiger partial charge in [-0.25, -0.2) is 0 Å². The molecule has 0 saturated carbocycles. The molecule has 0 unspecified atom stereocenters. The lowest BCUT2D eigenvalue weighted by atomic mass is 10.0. The van der Waals surface area contributed by atoms with Gasteiger partial charge < -0.3 is 9.80 Å². The number of amides is 1. The maximum atomic E-state index is 12.4. The van der Waals surface area contributed by atoms with E-state index >= 15 is 0 Å². The lowest BCUT2D eigenvalue weighted by Crippen LogP contribution is -2.56. The van der Waals surface area contributed by atoms with Crippen molar-refractivity contribution in [2.75, 3.05) is 49.9 Å². The minimum atomic E-state index is 0.325. The Hall–Kier alpha value is -1.20. The summed E-state index contributed by atoms with van der Waals surface area (Å²) in [4.78, 5) is 19.6. The zero-order chi connectivity index (χ0) is 17.6. The minimum absolute atomic E-state index is 0.325. The van der Waals surface area contributed by atoms with Gasteiger partial charge in [0.1, 0.15) is 0 Å². The molecule has 4 nitrogen and oxygen atoms in total. The molecule has 0 N–H and O–H groups in total. The van der Waals surface area contributed by atoms with Crippen LogP contribution in [0.3, 0.4) is 0 Å². The lowest BCUT2D eigenvalue weighted by Gasteiger charge is -2.44. The molecule has 0 bridgehead atoms. The first-order chi connectivity index (χ1) is 12.1. The van der Waals surface area contributed by atoms with E-state index in [1.54, 1.807) is 11.8 Å². The molecule has 5 heteroatoms. The average Bonchev–Trinajstić information content (AvgIpc) is 2.67. The highest BCUT2D eigenvalue weighted by Crippen LogP contribution is 2.21. The lowest BCUT2D eigenvalue weighted by molar-refractivity contribution is -0.130. The molecule has 1 aromatic carbocycles. The van der Waals surface area contributed by atoms with Crippen molar-refractivity contribution in [3.8, 4) is 0 Å². The summed E-state index contributed by atoms with van der Waals surface area (Å²) in [7, 11) is 0. The van der Waals surface area contributed by atoms with Crippen molar-refractivity contribution in [2.45, 2.75) is 38.0 Å². The van der Waals surface area contributed by atoms with Crippen LogP contribution in [0.25, 0.3) is 0 Å². The van der Waals surface area contributed by atoms with Gasteiger partial charge in [-0.15, -0.1) is 11.8 Å². The van der Waals surface area contributed by atoms with E-state index in [1.807, 2.05) is 0 Å². The molecule has 2 heterocycles. The Morgan fingerprint density at radius 3 is 2.52 bits per heavy atom. The zero-order valence-corrected chi connectivity index (χ0v) is 16.4. The molecule has 1 aromatic rings. The highest BCUT2D eigenvalue weighted by Gasteiger charge is 2.29. The van der Waals surface area contributed by atoms with Crippen LogP contribution >= 0.6 is 11.8 Å². The number of likely N-dealkylation sites (tertiary alicyclic amines) is 1. The van der Waals surface area contributed by atoms with Gasteiger partial charge in [0.2, 0.25) is 5.91 Å². The van der Waals surface area contributed by atoms with Crippen LogP contribution in [0.2, 0.25) is 0 Å². The summed E-state index contributed by atoms with van der Waals surface area (Å²) in [6.45, 7) is 10.5. The van der Waals surface area contributed by atoms with E-state index < -0.39 is 0 Å². The van der Waals surface area contributed by atoms with Crippen molar-refractivity contribution in [3.63, 3.8) is 0 Å². The summed E-state index contributed by atoms with van der Waals surface area (Å²) in [6, 6.07) is 11.2. The molecular weight excluding hydrogens is 330 g/mol. The van der Waals surface area contributed by atoms with Gasteiger partial charge in [0.05, 0.1) is 5.75 Å². The first-order valence-corrected chi connectivity index (χ1v) is 10.6. The van der Waals surface area contributed by atoms with E-state index in [-0.39, 0.29) is 0 Å². The number of piperazine rings is 1. The Balaban J connectivity index is 1.49. The summed E-state index contributed by atoms with van der Waals surface area (Å²) < 4.78 is 0. The van der Waals surface area contributed by atoms with Crippen LogP contribution in [-0.4, -0.2) is 72.0 Å². The van der Waals surface area contributed by atoms with Crippen molar-refractivity contribution in [1.29, 1.82) is 0 Å². The van der Waals surface area contributed by atoms with Crippen molar-refractivity contribution < 1.29 is 4.79 Å². The van der Waals surface area contributed by atoms with E-state index in [9.17, 15) is 4.79 Å². The summed E-state index contributed by atoms with van der Waals surface area (Å²) in [5, 5.41) is 0.524. The number of anilines is 1. The number of thioether (sulfide) groups is 1. The molecule has 0 aliphatic carbocycles. The smallest absolute Gasteiger partial charge is 0.232 e. The van der Waals surface area contributed by atoms with Crippen LogP contribution in [0.1, 0.15) is 26.7 Å². The summed E-state index contributed by atoms with van der Waals surface area (Å²) in [6.07, 6.45) is 2.37. The number of nitrogens with zero attached hydrogens (tertiary/aromatic N) is 3. The topological polar surface area (TPSA) is 26.8 Å². The number of piperidine rings is 1. The normalized spacial score (nSPS) is 22.4. The SMILES string of the molecule is CC(C)SCC(=O)N1CCC[C@H](N2CCN(c3ccccc3)CC2)C1. The Morgan fingerprint density at radius 1 is 1.12 bits per heavy atom. The van der Waals surface area contributed by atoms with Crippen LogP contribution < -0.4 is 4.90 Å². The van der Waals surface area contributed by atoms with Crippen LogP contribution in [-0.2, 0) is 4.79 Å². The Morgan fingerprint density at radius 2 is 1.84 bits per heavy atom. The van der Waals surface area contributed by atoms with Gasteiger partial charge in [-0.1, -0.05) is 32.0 Å². The molecule has 1 atom stereocenters. The molecule has 2 fully saturated rings. The molecule has 2 saturated heterocycles. The molecule has 0 radical (unpaired) electrons. The molecule has 3 rings (SSSR count). The fourth-order valence-corrected chi connectivity index (χ4v) is 4.45. The molecule has 25 heavy (non-hydrogen) atoms. The minimum Gasteiger partial charge on any atom is -0.369 e. The van der Waals surface area contributed by atoms with Crippen LogP contribution in [0.5, 0.6) is 0 Å². The first-order valence-electron chi connectivity index (χ1n) is 9.57. The average molecular weight is 362 g/mol. The van der Waals surface area contributed by atoms with Crippen molar-refractivity contribution in [1.82, 2.24) is 9.80 Å². The zero-order valence-electron chi connectivity index (χ0n) is 15.6. The van der Waals surface area contributed by atoms with E-state index in [0.717, 1.165) is 45.7 Å². The second-order valence-corrected chi connectivity index (χ2v) is 8.92. The van der Waals surface area contributed by atoms with E-state index in [0.29, 0.717) is 23.0 Å². The number of benzene rings is 1. The third kappa shape index (κ3) is 5.14. The third-order valence-electron chi connectivity index (χ3n) is 5.24. The predicted octanol–water partition coefficient (Wildman–Crippen LogP) is 2.94. The van der Waals surface area contributed by atoms with Crippen LogP contribution in [0.4, 0.5) is 5.69 Å². The van der Waals surface area contributed by atoms with Gasteiger partial charge >= 0.3 is 0 Å². The van der Waals surface area contributed by atoms with E-state index in [2.05, 4.69) is 58.9 Å². The van der Waals surface area contributed by atoms with Crippen molar-refractivity contribution >= 4 is 23.4 Å². The number of rotatable bonds is 5. The summed E-state index contributed by atoms with van der Waals surface area (Å²) >= 11 is 1.76. The molecule has 0 aromatic heterocycles. The molecule has 2 aliphatic heterocycles. The number of hydrogen-bond donors (Lipinski definition) is 0. The van der Waals surface area contributed by atoms with Crippen LogP contribution in [0, 0.1) is 0 Å². The second kappa shape index (κ2) is 8.95. The van der Waals surface area contributed by atoms with Gasteiger partial charge in [-0.05, 0) is 30.2 Å². The highest BCUT2D eigenvalue weighted by atomic mass is 32.2. The van der Waals surface area contributed by atoms with E-state index in [1.165, 1.54) is 12.1 Å². The second-order valence-electron chi connectivity index (χ2n) is 7.35. The molecule has 0 spiro atoms. The Bertz CT molecular complexity index is 543. The number of para-hydroxylation sites is 1. The summed E-state index contributed by atoms with van der Waals surface area (Å²) in [5.41, 5.74) is 1.33. The Labute approximate surface area is 156 Å². The standard InChI is InChI=1S/C20H31N3OS/c1-17(2)25-16-20(24)23-10-6-9-19(15-23)22-13-11-21(12-14-22)18-7-4-3-5-8-18/h3-5,7-8,17,19H,6,9-16H2,1-2H3/t19-/m0/s1. The third-order valence-corrected chi connectivity index (χ3v) is 6.32. The number of hydrogen-bond acceptors (Lipinski definition) is 4. The van der Waals surface area contributed by atoms with Gasteiger partial charge in [-0.2, -0.15) is 0 Å². The molecule has 1 amide bonds. The van der Waals surface area contributed by atoms with Gasteiger partial charge in [0, 0.05) is 51.0 Å². The van der Waals surface area contributed by atoms with E-state index in [4.69, 9.17) is 0 Å². The monoisotopic (exact) mass is 361 g/mol. The number of carbonyl (C=O) groups excluding carboxylic acids is 1. The molecule has 138 valence electrons. The first kappa shape index (κ1) is 18.6. The highest BCUT2D eigenvalue weighted by molar-refractivity contribution is 8.00. The van der Waals surface area contributed by atoms with Gasteiger partial charge in [0.25, 0.3) is 0 Å². The fraction of sp³-hybridized carbons (Fsp3) is 0.650. The predicted molar refractivity (Wildman–Crippen MR) is 107 cm³/mol. The molecule has 2 aliphatic rings. The fourth-order valence-electron chi connectivity index (χ4n) is 3.79. The number of carbonyl (C=O) groups is 1. The Kier molecular flexibility index (Phi) is 6.65. The largest absolute Gasteiger partial charge is 0.369 e. The van der Waals surface area contributed by atoms with Crippen molar-refractivity contribution in [2.24, 2.45) is 0 Å². The molecular formula is C20H31N3OS. The van der Waals surface area contributed by atoms with Gasteiger partial charge in [-0.3, -0.25) is 9.69 Å². The van der Waals surface area contributed by atoms with Gasteiger partial charge in [0.15, 0.2) is 0 Å². The maximum Gasteiger partial charge on any atom is 0.232 e. The summed E-state index contributed by atoms with van der Waals surface area (Å²) in [5.74, 6) is 0.956. The maximum absolute atomic E-state index is 12.4.